The fourth-order valence-electron chi connectivity index (χ4n) is 4.36. The van der Waals surface area contributed by atoms with E-state index >= 15 is 0 Å². The molecule has 0 saturated heterocycles. The molecule has 5 rings (SSSR count). The molecule has 2 aliphatic rings. The van der Waals surface area contributed by atoms with Gasteiger partial charge in [0.25, 0.3) is 11.8 Å². The van der Waals surface area contributed by atoms with Crippen LogP contribution in [0.4, 0.5) is 5.69 Å². The highest BCUT2D eigenvalue weighted by Gasteiger charge is 2.23. The van der Waals surface area contributed by atoms with Gasteiger partial charge in [0.2, 0.25) is 0 Å². The van der Waals surface area contributed by atoms with E-state index in [1.54, 1.807) is 0 Å². The zero-order valence-electron chi connectivity index (χ0n) is 19.8. The van der Waals surface area contributed by atoms with E-state index in [2.05, 4.69) is 39.8 Å². The van der Waals surface area contributed by atoms with Crippen LogP contribution in [0.2, 0.25) is 0 Å². The molecule has 1 aliphatic heterocycles. The van der Waals surface area contributed by atoms with Gasteiger partial charge in [-0.2, -0.15) is 0 Å². The maximum Gasteiger partial charge on any atom is 0.258 e. The molecule has 1 heterocycles. The molecule has 2 N–H and O–H groups in total. The molecule has 0 aromatic heterocycles. The van der Waals surface area contributed by atoms with E-state index in [0.717, 1.165) is 50.0 Å². The number of amides is 2. The first-order chi connectivity index (χ1) is 17.1. The minimum absolute atomic E-state index is 0.0374. The van der Waals surface area contributed by atoms with Crippen LogP contribution < -0.4 is 20.3 Å². The van der Waals surface area contributed by atoms with Crippen molar-refractivity contribution in [3.05, 3.63) is 95.1 Å². The normalized spacial score (nSPS) is 14.7. The van der Waals surface area contributed by atoms with E-state index in [1.807, 2.05) is 48.5 Å². The molecule has 6 nitrogen and oxygen atoms in total. The third-order valence-electron chi connectivity index (χ3n) is 6.56. The number of carbonyl (C=O) groups excluding carboxylic acids is 2. The lowest BCUT2D eigenvalue weighted by molar-refractivity contribution is -0.123. The predicted octanol–water partition coefficient (Wildman–Crippen LogP) is 3.88. The first-order valence-corrected chi connectivity index (χ1v) is 12.4. The summed E-state index contributed by atoms with van der Waals surface area (Å²) in [5, 5.41) is 5.91. The topological polar surface area (TPSA) is 70.7 Å². The zero-order valence-corrected chi connectivity index (χ0v) is 19.8. The number of rotatable bonds is 9. The third-order valence-corrected chi connectivity index (χ3v) is 6.56. The molecule has 2 amide bonds. The Balaban J connectivity index is 1.06. The molecule has 0 atom stereocenters. The van der Waals surface area contributed by atoms with Gasteiger partial charge in [0, 0.05) is 36.9 Å². The molecule has 1 saturated carbocycles. The van der Waals surface area contributed by atoms with Gasteiger partial charge in [0.15, 0.2) is 6.61 Å². The average molecular weight is 470 g/mol. The molecule has 0 unspecified atom stereocenters. The largest absolute Gasteiger partial charge is 0.484 e. The fourth-order valence-corrected chi connectivity index (χ4v) is 4.36. The quantitative estimate of drug-likeness (QED) is 0.499. The lowest BCUT2D eigenvalue weighted by Gasteiger charge is -2.30. The maximum absolute atomic E-state index is 12.6. The van der Waals surface area contributed by atoms with Crippen molar-refractivity contribution >= 4 is 17.5 Å². The van der Waals surface area contributed by atoms with Crippen LogP contribution in [0.15, 0.2) is 72.8 Å². The van der Waals surface area contributed by atoms with Gasteiger partial charge in [-0.25, -0.2) is 0 Å². The molecule has 1 fully saturated rings. The Hall–Kier alpha value is -3.80. The van der Waals surface area contributed by atoms with Gasteiger partial charge in [-0.3, -0.25) is 9.59 Å². The first-order valence-electron chi connectivity index (χ1n) is 12.4. The standard InChI is InChI=1S/C29H31N3O3/c33-28(31-25-9-10-25)20-35-27-13-5-21(6-14-27)15-17-30-29(34)23-7-11-26(12-8-23)32-18-16-22-3-1-2-4-24(22)19-32/h1-8,11-14,25H,9-10,15-20H2,(H,30,34)(H,31,33). The van der Waals surface area contributed by atoms with E-state index in [0.29, 0.717) is 23.9 Å². The van der Waals surface area contributed by atoms with Crippen LogP contribution in [0.5, 0.6) is 5.75 Å². The molecular formula is C29H31N3O3. The number of hydrogen-bond acceptors (Lipinski definition) is 4. The van der Waals surface area contributed by atoms with Crippen LogP contribution in [0.25, 0.3) is 0 Å². The van der Waals surface area contributed by atoms with Gasteiger partial charge in [-0.1, -0.05) is 36.4 Å². The summed E-state index contributed by atoms with van der Waals surface area (Å²) in [6.45, 7) is 2.47. The molecule has 3 aromatic carbocycles. The minimum atomic E-state index is -0.0754. The van der Waals surface area contributed by atoms with E-state index in [1.165, 1.54) is 11.1 Å². The highest BCUT2D eigenvalue weighted by atomic mass is 16.5. The van der Waals surface area contributed by atoms with Crippen molar-refractivity contribution in [2.45, 2.75) is 38.3 Å². The van der Waals surface area contributed by atoms with Gasteiger partial charge in [-0.15, -0.1) is 0 Å². The van der Waals surface area contributed by atoms with Crippen molar-refractivity contribution in [2.24, 2.45) is 0 Å². The van der Waals surface area contributed by atoms with Gasteiger partial charge < -0.3 is 20.3 Å². The predicted molar refractivity (Wildman–Crippen MR) is 137 cm³/mol. The average Bonchev–Trinajstić information content (AvgIpc) is 3.72. The second-order valence-corrected chi connectivity index (χ2v) is 9.27. The Kier molecular flexibility index (Phi) is 6.98. The molecule has 1 aliphatic carbocycles. The number of hydrogen-bond donors (Lipinski definition) is 2. The number of carbonyl (C=O) groups is 2. The van der Waals surface area contributed by atoms with Gasteiger partial charge in [-0.05, 0) is 78.8 Å². The Bertz CT molecular complexity index is 1170. The molecular weight excluding hydrogens is 438 g/mol. The van der Waals surface area contributed by atoms with Crippen molar-refractivity contribution in [1.29, 1.82) is 0 Å². The van der Waals surface area contributed by atoms with E-state index < -0.39 is 0 Å². The van der Waals surface area contributed by atoms with Crippen LogP contribution >= 0.6 is 0 Å². The molecule has 0 bridgehead atoms. The summed E-state index contributed by atoms with van der Waals surface area (Å²) in [7, 11) is 0. The van der Waals surface area contributed by atoms with Crippen molar-refractivity contribution in [1.82, 2.24) is 10.6 Å². The lowest BCUT2D eigenvalue weighted by Crippen LogP contribution is -2.30. The lowest BCUT2D eigenvalue weighted by atomic mass is 9.99. The van der Waals surface area contributed by atoms with Crippen molar-refractivity contribution in [3.8, 4) is 5.75 Å². The first kappa shape index (κ1) is 23.0. The van der Waals surface area contributed by atoms with Crippen LogP contribution in [0, 0.1) is 0 Å². The van der Waals surface area contributed by atoms with Crippen LogP contribution in [-0.2, 0) is 24.2 Å². The number of benzene rings is 3. The second kappa shape index (κ2) is 10.6. The Morgan fingerprint density at radius 2 is 1.66 bits per heavy atom. The van der Waals surface area contributed by atoms with Crippen LogP contribution in [-0.4, -0.2) is 37.6 Å². The van der Waals surface area contributed by atoms with Crippen LogP contribution in [0.3, 0.4) is 0 Å². The Morgan fingerprint density at radius 1 is 0.914 bits per heavy atom. The Morgan fingerprint density at radius 3 is 2.40 bits per heavy atom. The summed E-state index contributed by atoms with van der Waals surface area (Å²) in [5.74, 6) is 0.525. The number of fused-ring (bicyclic) bond motifs is 1. The highest BCUT2D eigenvalue weighted by Crippen LogP contribution is 2.24. The van der Waals surface area contributed by atoms with Crippen molar-refractivity contribution in [2.75, 3.05) is 24.6 Å². The van der Waals surface area contributed by atoms with E-state index in [4.69, 9.17) is 4.74 Å². The monoisotopic (exact) mass is 469 g/mol. The number of anilines is 1. The van der Waals surface area contributed by atoms with Gasteiger partial charge >= 0.3 is 0 Å². The zero-order chi connectivity index (χ0) is 24.0. The molecule has 3 aromatic rings. The third kappa shape index (κ3) is 6.21. The Labute approximate surface area is 206 Å². The smallest absolute Gasteiger partial charge is 0.258 e. The number of ether oxygens (including phenoxy) is 1. The summed E-state index contributed by atoms with van der Waals surface area (Å²) in [6.07, 6.45) is 3.90. The van der Waals surface area contributed by atoms with Crippen LogP contribution in [0.1, 0.15) is 39.9 Å². The summed E-state index contributed by atoms with van der Waals surface area (Å²) < 4.78 is 5.54. The number of nitrogens with one attached hydrogen (secondary N) is 2. The maximum atomic E-state index is 12.6. The summed E-state index contributed by atoms with van der Waals surface area (Å²) >= 11 is 0. The molecule has 35 heavy (non-hydrogen) atoms. The minimum Gasteiger partial charge on any atom is -0.484 e. The fraction of sp³-hybridized carbons (Fsp3) is 0.310. The molecule has 0 radical (unpaired) electrons. The van der Waals surface area contributed by atoms with Gasteiger partial charge in [0.05, 0.1) is 0 Å². The molecule has 6 heteroatoms. The summed E-state index contributed by atoms with van der Waals surface area (Å²) in [5.41, 5.74) is 5.71. The van der Waals surface area contributed by atoms with Crippen molar-refractivity contribution in [3.63, 3.8) is 0 Å². The molecule has 180 valence electrons. The summed E-state index contributed by atoms with van der Waals surface area (Å²) in [4.78, 5) is 26.7. The highest BCUT2D eigenvalue weighted by molar-refractivity contribution is 5.94. The van der Waals surface area contributed by atoms with Gasteiger partial charge in [0.1, 0.15) is 5.75 Å². The second-order valence-electron chi connectivity index (χ2n) is 9.27. The molecule has 0 spiro atoms. The number of nitrogens with zero attached hydrogens (tertiary/aromatic N) is 1. The van der Waals surface area contributed by atoms with E-state index in [-0.39, 0.29) is 18.4 Å². The summed E-state index contributed by atoms with van der Waals surface area (Å²) in [6, 6.07) is 24.5. The SMILES string of the molecule is O=C(COc1ccc(CCNC(=O)c2ccc(N3CCc4ccccc4C3)cc2)cc1)NC1CC1. The van der Waals surface area contributed by atoms with E-state index in [9.17, 15) is 9.59 Å². The van der Waals surface area contributed by atoms with Crippen molar-refractivity contribution < 1.29 is 14.3 Å².